The summed E-state index contributed by atoms with van der Waals surface area (Å²) in [5, 5.41) is 2.73. The summed E-state index contributed by atoms with van der Waals surface area (Å²) in [6.07, 6.45) is 4.04. The van der Waals surface area contributed by atoms with Crippen molar-refractivity contribution in [2.45, 2.75) is 39.2 Å². The standard InChI is InChI=1S/C14H20N2O2/c1-9(2)6-11-7-13(17)16(8-11)12-5-4-10(3)15-14(12)18/h7,9,12H,3-6,8H2,1-2H3,(H,15,18). The summed E-state index contributed by atoms with van der Waals surface area (Å²) in [4.78, 5) is 25.5. The average Bonchev–Trinajstić information content (AvgIpc) is 2.58. The highest BCUT2D eigenvalue weighted by atomic mass is 16.2. The number of carbonyl (C=O) groups excluding carboxylic acids is 2. The maximum absolute atomic E-state index is 11.9. The van der Waals surface area contributed by atoms with Gasteiger partial charge in [-0.2, -0.15) is 0 Å². The predicted molar refractivity (Wildman–Crippen MR) is 69.6 cm³/mol. The smallest absolute Gasteiger partial charge is 0.247 e. The molecular weight excluding hydrogens is 228 g/mol. The van der Waals surface area contributed by atoms with Crippen molar-refractivity contribution in [3.63, 3.8) is 0 Å². The highest BCUT2D eigenvalue weighted by molar-refractivity contribution is 5.96. The Morgan fingerprint density at radius 1 is 1.50 bits per heavy atom. The number of nitrogens with one attached hydrogen (secondary N) is 1. The monoisotopic (exact) mass is 248 g/mol. The quantitative estimate of drug-likeness (QED) is 0.824. The van der Waals surface area contributed by atoms with Crippen molar-refractivity contribution in [2.75, 3.05) is 6.54 Å². The van der Waals surface area contributed by atoms with Crippen LogP contribution in [0.25, 0.3) is 0 Å². The molecule has 0 saturated carbocycles. The number of amides is 2. The molecule has 2 rings (SSSR count). The molecule has 1 saturated heterocycles. The second-order valence-electron chi connectivity index (χ2n) is 5.51. The molecule has 0 bridgehead atoms. The molecule has 0 radical (unpaired) electrons. The highest BCUT2D eigenvalue weighted by Crippen LogP contribution is 2.24. The molecular formula is C14H20N2O2. The Labute approximate surface area is 108 Å². The van der Waals surface area contributed by atoms with Crippen LogP contribution < -0.4 is 5.32 Å². The Morgan fingerprint density at radius 2 is 2.22 bits per heavy atom. The minimum absolute atomic E-state index is 0.0293. The minimum Gasteiger partial charge on any atom is -0.329 e. The number of carbonyl (C=O) groups is 2. The van der Waals surface area contributed by atoms with Crippen LogP contribution in [0, 0.1) is 5.92 Å². The van der Waals surface area contributed by atoms with Gasteiger partial charge < -0.3 is 10.2 Å². The third kappa shape index (κ3) is 2.63. The van der Waals surface area contributed by atoms with Gasteiger partial charge in [0.05, 0.1) is 0 Å². The fourth-order valence-corrected chi connectivity index (χ4v) is 2.57. The molecule has 1 unspecified atom stereocenters. The zero-order valence-corrected chi connectivity index (χ0v) is 11.0. The highest BCUT2D eigenvalue weighted by Gasteiger charge is 2.35. The van der Waals surface area contributed by atoms with Crippen LogP contribution in [0.15, 0.2) is 23.9 Å². The van der Waals surface area contributed by atoms with E-state index >= 15 is 0 Å². The van der Waals surface area contributed by atoms with Gasteiger partial charge in [0.25, 0.3) is 0 Å². The molecule has 0 aromatic rings. The molecule has 0 aromatic carbocycles. The van der Waals surface area contributed by atoms with E-state index < -0.39 is 0 Å². The van der Waals surface area contributed by atoms with Gasteiger partial charge in [-0.25, -0.2) is 0 Å². The van der Waals surface area contributed by atoms with Crippen molar-refractivity contribution in [1.82, 2.24) is 10.2 Å². The first-order valence-electron chi connectivity index (χ1n) is 6.46. The molecule has 4 heteroatoms. The minimum atomic E-state index is -0.330. The van der Waals surface area contributed by atoms with Gasteiger partial charge in [-0.3, -0.25) is 9.59 Å². The molecule has 4 nitrogen and oxygen atoms in total. The summed E-state index contributed by atoms with van der Waals surface area (Å²) in [7, 11) is 0. The van der Waals surface area contributed by atoms with E-state index in [1.807, 2.05) is 0 Å². The van der Waals surface area contributed by atoms with E-state index in [1.165, 1.54) is 0 Å². The first-order valence-corrected chi connectivity index (χ1v) is 6.46. The molecule has 1 atom stereocenters. The van der Waals surface area contributed by atoms with Gasteiger partial charge in [-0.1, -0.05) is 20.4 Å². The van der Waals surface area contributed by atoms with E-state index in [0.717, 1.165) is 24.1 Å². The molecule has 1 N–H and O–H groups in total. The second-order valence-corrected chi connectivity index (χ2v) is 5.51. The Bertz CT molecular complexity index is 424. The zero-order valence-electron chi connectivity index (χ0n) is 11.0. The van der Waals surface area contributed by atoms with Crippen molar-refractivity contribution in [3.05, 3.63) is 23.9 Å². The molecule has 2 amide bonds. The third-order valence-electron chi connectivity index (χ3n) is 3.35. The van der Waals surface area contributed by atoms with E-state index in [4.69, 9.17) is 0 Å². The fraction of sp³-hybridized carbons (Fsp3) is 0.571. The topological polar surface area (TPSA) is 49.4 Å². The largest absolute Gasteiger partial charge is 0.329 e. The van der Waals surface area contributed by atoms with Crippen molar-refractivity contribution in [2.24, 2.45) is 5.92 Å². The summed E-state index contributed by atoms with van der Waals surface area (Å²) in [5.74, 6) is 0.404. The van der Waals surface area contributed by atoms with Gasteiger partial charge >= 0.3 is 0 Å². The molecule has 0 spiro atoms. The summed E-state index contributed by atoms with van der Waals surface area (Å²) in [6, 6.07) is -0.330. The third-order valence-corrected chi connectivity index (χ3v) is 3.35. The number of hydrogen-bond acceptors (Lipinski definition) is 2. The maximum atomic E-state index is 11.9. The van der Waals surface area contributed by atoms with Gasteiger partial charge in [0.15, 0.2) is 0 Å². The lowest BCUT2D eigenvalue weighted by Gasteiger charge is -2.31. The summed E-state index contributed by atoms with van der Waals surface area (Å²) in [6.45, 7) is 8.61. The summed E-state index contributed by atoms with van der Waals surface area (Å²) in [5.41, 5.74) is 1.88. The van der Waals surface area contributed by atoms with Crippen molar-refractivity contribution < 1.29 is 9.59 Å². The number of hydrogen-bond donors (Lipinski definition) is 1. The van der Waals surface area contributed by atoms with Crippen molar-refractivity contribution >= 4 is 11.8 Å². The van der Waals surface area contributed by atoms with Crippen LogP contribution >= 0.6 is 0 Å². The Hall–Kier alpha value is -1.58. The van der Waals surface area contributed by atoms with Crippen LogP contribution in [-0.4, -0.2) is 29.3 Å². The second kappa shape index (κ2) is 4.96. The molecule has 1 fully saturated rings. The van der Waals surface area contributed by atoms with Gasteiger partial charge in [0, 0.05) is 18.3 Å². The first kappa shape index (κ1) is 12.9. The number of rotatable bonds is 3. The van der Waals surface area contributed by atoms with Crippen LogP contribution in [0.2, 0.25) is 0 Å². The molecule has 0 aromatic heterocycles. The van der Waals surface area contributed by atoms with Crippen LogP contribution in [0.3, 0.4) is 0 Å². The van der Waals surface area contributed by atoms with E-state index in [0.29, 0.717) is 18.9 Å². The first-order chi connectivity index (χ1) is 8.47. The van der Waals surface area contributed by atoms with Crippen LogP contribution in [0.4, 0.5) is 0 Å². The van der Waals surface area contributed by atoms with E-state index in [2.05, 4.69) is 25.7 Å². The predicted octanol–water partition coefficient (Wildman–Crippen LogP) is 1.59. The Morgan fingerprint density at radius 3 is 2.83 bits per heavy atom. The van der Waals surface area contributed by atoms with Gasteiger partial charge in [-0.15, -0.1) is 0 Å². The number of allylic oxidation sites excluding steroid dienone is 1. The van der Waals surface area contributed by atoms with Crippen LogP contribution in [-0.2, 0) is 9.59 Å². The lowest BCUT2D eigenvalue weighted by Crippen LogP contribution is -2.50. The SMILES string of the molecule is C=C1CCC(N2CC(CC(C)C)=CC2=O)C(=O)N1. The molecule has 0 aliphatic carbocycles. The van der Waals surface area contributed by atoms with Crippen molar-refractivity contribution in [1.29, 1.82) is 0 Å². The van der Waals surface area contributed by atoms with Crippen LogP contribution in [0.5, 0.6) is 0 Å². The average molecular weight is 248 g/mol. The molecule has 2 aliphatic heterocycles. The lowest BCUT2D eigenvalue weighted by molar-refractivity contribution is -0.136. The maximum Gasteiger partial charge on any atom is 0.247 e. The summed E-state index contributed by atoms with van der Waals surface area (Å²) < 4.78 is 0. The molecule has 98 valence electrons. The molecule has 2 aliphatic rings. The Kier molecular flexibility index (Phi) is 3.55. The van der Waals surface area contributed by atoms with E-state index in [-0.39, 0.29) is 17.9 Å². The lowest BCUT2D eigenvalue weighted by atomic mass is 10.0. The number of piperidine rings is 1. The van der Waals surface area contributed by atoms with Crippen LogP contribution in [0.1, 0.15) is 33.1 Å². The van der Waals surface area contributed by atoms with Gasteiger partial charge in [0.1, 0.15) is 6.04 Å². The number of nitrogens with zero attached hydrogens (tertiary/aromatic N) is 1. The molecule has 2 heterocycles. The van der Waals surface area contributed by atoms with E-state index in [1.54, 1.807) is 11.0 Å². The molecule has 18 heavy (non-hydrogen) atoms. The van der Waals surface area contributed by atoms with E-state index in [9.17, 15) is 9.59 Å². The summed E-state index contributed by atoms with van der Waals surface area (Å²) >= 11 is 0. The zero-order chi connectivity index (χ0) is 13.3. The van der Waals surface area contributed by atoms with Crippen molar-refractivity contribution in [3.8, 4) is 0 Å². The normalized spacial score (nSPS) is 24.6. The Balaban J connectivity index is 2.02. The van der Waals surface area contributed by atoms with Gasteiger partial charge in [-0.05, 0) is 30.8 Å². The van der Waals surface area contributed by atoms with Gasteiger partial charge in [0.2, 0.25) is 11.8 Å². The fourth-order valence-electron chi connectivity index (χ4n) is 2.57.